The molecule has 6 N–H and O–H groups in total. The molecule has 1 aliphatic carbocycles. The van der Waals surface area contributed by atoms with E-state index < -0.39 is 5.91 Å². The lowest BCUT2D eigenvalue weighted by atomic mass is 9.92. The van der Waals surface area contributed by atoms with Gasteiger partial charge in [0.1, 0.15) is 0 Å². The van der Waals surface area contributed by atoms with E-state index in [0.29, 0.717) is 11.3 Å². The largest absolute Gasteiger partial charge is 0.393 e. The predicted molar refractivity (Wildman–Crippen MR) is 154 cm³/mol. The van der Waals surface area contributed by atoms with E-state index in [1.54, 1.807) is 18.5 Å². The average Bonchev–Trinajstić information content (AvgIpc) is 3.25. The number of halogens is 1. The number of hydrogen-bond donors (Lipinski definition) is 4. The van der Waals surface area contributed by atoms with Gasteiger partial charge in [-0.15, -0.1) is 12.4 Å². The minimum absolute atomic E-state index is 0. The van der Waals surface area contributed by atoms with Crippen molar-refractivity contribution in [1.82, 2.24) is 14.5 Å². The molecule has 2 heterocycles. The van der Waals surface area contributed by atoms with Crippen LogP contribution in [0.4, 0.5) is 11.6 Å². The molecular weight excluding hydrogens is 500 g/mol. The summed E-state index contributed by atoms with van der Waals surface area (Å²) in [5.41, 5.74) is 17.5. The van der Waals surface area contributed by atoms with E-state index in [4.69, 9.17) is 11.5 Å². The van der Waals surface area contributed by atoms with Crippen molar-refractivity contribution in [2.45, 2.75) is 37.8 Å². The van der Waals surface area contributed by atoms with Gasteiger partial charge in [0.05, 0.1) is 22.7 Å². The summed E-state index contributed by atoms with van der Waals surface area (Å²) in [5.74, 6) is -0.238. The van der Waals surface area contributed by atoms with Gasteiger partial charge in [-0.3, -0.25) is 4.79 Å². The molecule has 0 saturated heterocycles. The van der Waals surface area contributed by atoms with Crippen molar-refractivity contribution in [3.63, 3.8) is 0 Å². The summed E-state index contributed by atoms with van der Waals surface area (Å²) < 4.78 is 2.20. The summed E-state index contributed by atoms with van der Waals surface area (Å²) in [7, 11) is 0. The number of aromatic nitrogens is 3. The molecule has 1 aliphatic rings. The van der Waals surface area contributed by atoms with Gasteiger partial charge < -0.3 is 26.5 Å². The molecule has 5 aromatic rings. The normalized spacial score (nSPS) is 17.3. The van der Waals surface area contributed by atoms with Crippen molar-refractivity contribution in [2.24, 2.45) is 5.73 Å². The highest BCUT2D eigenvalue weighted by molar-refractivity contribution is 6.15. The van der Waals surface area contributed by atoms with Crippen LogP contribution in [0.15, 0.2) is 73.1 Å². The Bertz CT molecular complexity index is 1620. The Labute approximate surface area is 226 Å². The molecule has 0 atom stereocenters. The molecule has 0 radical (unpaired) electrons. The lowest BCUT2D eigenvalue weighted by Crippen LogP contribution is -2.29. The average molecular weight is 529 g/mol. The van der Waals surface area contributed by atoms with Crippen LogP contribution in [0.25, 0.3) is 38.6 Å². The van der Waals surface area contributed by atoms with Gasteiger partial charge >= 0.3 is 0 Å². The standard InChI is InChI=1S/C29H28N6O2.ClH/c30-28(37)22-13-10-19(14-24(22)34-18-8-11-20(36)12-9-18)35-25-6-2-1-4-23(25)27-21(5-3-7-26(27)35)17-15-32-29(31)33-16-17;/h1-7,10,13-16,18,20,34,36H,8-9,11-12H2,(H2,30,37)(H2,31,32,33);1H. The third-order valence-corrected chi connectivity index (χ3v) is 7.26. The summed E-state index contributed by atoms with van der Waals surface area (Å²) in [4.78, 5) is 20.7. The smallest absolute Gasteiger partial charge is 0.250 e. The van der Waals surface area contributed by atoms with Crippen LogP contribution in [0.2, 0.25) is 0 Å². The molecule has 0 spiro atoms. The highest BCUT2D eigenvalue weighted by Crippen LogP contribution is 2.39. The fourth-order valence-corrected chi connectivity index (χ4v) is 5.46. The van der Waals surface area contributed by atoms with E-state index in [9.17, 15) is 9.90 Å². The second-order valence-electron chi connectivity index (χ2n) is 9.63. The molecule has 1 saturated carbocycles. The second kappa shape index (κ2) is 10.3. The molecule has 0 bridgehead atoms. The van der Waals surface area contributed by atoms with E-state index in [1.165, 1.54) is 0 Å². The number of aliphatic hydroxyl groups excluding tert-OH is 1. The number of nitrogens with one attached hydrogen (secondary N) is 1. The molecule has 9 heteroatoms. The Kier molecular flexibility index (Phi) is 6.93. The first-order valence-electron chi connectivity index (χ1n) is 12.5. The number of primary amides is 1. The summed E-state index contributed by atoms with van der Waals surface area (Å²) in [5, 5.41) is 15.6. The number of benzene rings is 3. The van der Waals surface area contributed by atoms with Crippen LogP contribution < -0.4 is 16.8 Å². The first-order chi connectivity index (χ1) is 18.0. The Balaban J connectivity index is 0.00000294. The van der Waals surface area contributed by atoms with Gasteiger partial charge in [0, 0.05) is 46.1 Å². The zero-order chi connectivity index (χ0) is 25.5. The molecule has 194 valence electrons. The number of hydrogen-bond acceptors (Lipinski definition) is 6. The summed E-state index contributed by atoms with van der Waals surface area (Å²) in [6.07, 6.45) is 6.40. The molecular formula is C29H29ClN6O2. The summed E-state index contributed by atoms with van der Waals surface area (Å²) >= 11 is 0. The van der Waals surface area contributed by atoms with Crippen LogP contribution in [-0.4, -0.2) is 37.7 Å². The maximum absolute atomic E-state index is 12.3. The molecule has 8 nitrogen and oxygen atoms in total. The van der Waals surface area contributed by atoms with Crippen LogP contribution in [-0.2, 0) is 0 Å². The highest BCUT2D eigenvalue weighted by atomic mass is 35.5. The number of carbonyl (C=O) groups is 1. The number of nitrogen functional groups attached to an aromatic ring is 1. The molecule has 38 heavy (non-hydrogen) atoms. The number of aliphatic hydroxyl groups is 1. The monoisotopic (exact) mass is 528 g/mol. The molecule has 1 amide bonds. The first kappa shape index (κ1) is 25.5. The van der Waals surface area contributed by atoms with Crippen molar-refractivity contribution in [2.75, 3.05) is 11.1 Å². The second-order valence-corrected chi connectivity index (χ2v) is 9.63. The number of amides is 1. The minimum Gasteiger partial charge on any atom is -0.393 e. The molecule has 0 aliphatic heterocycles. The molecule has 6 rings (SSSR count). The van der Waals surface area contributed by atoms with Crippen molar-refractivity contribution in [3.05, 3.63) is 78.6 Å². The van der Waals surface area contributed by atoms with Gasteiger partial charge in [0.2, 0.25) is 5.95 Å². The minimum atomic E-state index is -0.474. The van der Waals surface area contributed by atoms with E-state index in [1.807, 2.05) is 30.3 Å². The topological polar surface area (TPSA) is 132 Å². The number of nitrogens with zero attached hydrogens (tertiary/aromatic N) is 3. The first-order valence-corrected chi connectivity index (χ1v) is 12.5. The highest BCUT2D eigenvalue weighted by Gasteiger charge is 2.22. The van der Waals surface area contributed by atoms with Crippen LogP contribution in [0.5, 0.6) is 0 Å². The fourth-order valence-electron chi connectivity index (χ4n) is 5.46. The van der Waals surface area contributed by atoms with Gasteiger partial charge in [0.25, 0.3) is 5.91 Å². The van der Waals surface area contributed by atoms with Crippen molar-refractivity contribution < 1.29 is 9.90 Å². The van der Waals surface area contributed by atoms with Crippen LogP contribution in [0, 0.1) is 0 Å². The number of rotatable bonds is 5. The third kappa shape index (κ3) is 4.53. The van der Waals surface area contributed by atoms with Crippen molar-refractivity contribution in [1.29, 1.82) is 0 Å². The number of fused-ring (bicyclic) bond motifs is 3. The van der Waals surface area contributed by atoms with Gasteiger partial charge in [-0.2, -0.15) is 0 Å². The quantitative estimate of drug-likeness (QED) is 0.252. The maximum atomic E-state index is 12.3. The summed E-state index contributed by atoms with van der Waals surface area (Å²) in [6.45, 7) is 0. The van der Waals surface area contributed by atoms with Gasteiger partial charge in [-0.1, -0.05) is 30.3 Å². The van der Waals surface area contributed by atoms with Crippen LogP contribution in [0.3, 0.4) is 0 Å². The number of carbonyl (C=O) groups excluding carboxylic acids is 1. The third-order valence-electron chi connectivity index (χ3n) is 7.26. The molecule has 3 aromatic carbocycles. The zero-order valence-electron chi connectivity index (χ0n) is 20.7. The Morgan fingerprint density at radius 3 is 2.39 bits per heavy atom. The lowest BCUT2D eigenvalue weighted by Gasteiger charge is -2.28. The SMILES string of the molecule is Cl.NC(=O)c1ccc(-n2c3ccccc3c3c(-c4cnc(N)nc4)cccc32)cc1NC1CCC(O)CC1. The number of nitrogens with two attached hydrogens (primary N) is 2. The fraction of sp³-hybridized carbons (Fsp3) is 0.207. The summed E-state index contributed by atoms with van der Waals surface area (Å²) in [6, 6.07) is 20.3. The zero-order valence-corrected chi connectivity index (χ0v) is 21.5. The Morgan fingerprint density at radius 2 is 1.66 bits per heavy atom. The molecule has 0 unspecified atom stereocenters. The van der Waals surface area contributed by atoms with Gasteiger partial charge in [-0.05, 0) is 61.6 Å². The van der Waals surface area contributed by atoms with E-state index in [-0.39, 0.29) is 30.5 Å². The van der Waals surface area contributed by atoms with E-state index >= 15 is 0 Å². The van der Waals surface area contributed by atoms with E-state index in [0.717, 1.165) is 64.3 Å². The Hall–Kier alpha value is -4.14. The number of para-hydroxylation sites is 1. The van der Waals surface area contributed by atoms with Crippen LogP contribution in [0.1, 0.15) is 36.0 Å². The lowest BCUT2D eigenvalue weighted by molar-refractivity contribution is 0.100. The van der Waals surface area contributed by atoms with E-state index in [2.05, 4.69) is 44.1 Å². The van der Waals surface area contributed by atoms with Crippen LogP contribution >= 0.6 is 12.4 Å². The van der Waals surface area contributed by atoms with Crippen molar-refractivity contribution in [3.8, 4) is 16.8 Å². The predicted octanol–water partition coefficient (Wildman–Crippen LogP) is 5.06. The molecule has 1 fully saturated rings. The Morgan fingerprint density at radius 1 is 0.947 bits per heavy atom. The maximum Gasteiger partial charge on any atom is 0.250 e. The van der Waals surface area contributed by atoms with Gasteiger partial charge in [-0.25, -0.2) is 9.97 Å². The van der Waals surface area contributed by atoms with Crippen molar-refractivity contribution >= 4 is 51.8 Å². The van der Waals surface area contributed by atoms with Gasteiger partial charge in [0.15, 0.2) is 0 Å². The molecule has 2 aromatic heterocycles. The number of anilines is 2.